The van der Waals surface area contributed by atoms with Crippen LogP contribution in [0.5, 0.6) is 11.5 Å². The van der Waals surface area contributed by atoms with Crippen molar-refractivity contribution in [2.24, 2.45) is 16.8 Å². The van der Waals surface area contributed by atoms with E-state index in [0.29, 0.717) is 28.5 Å². The zero-order chi connectivity index (χ0) is 23.8. The summed E-state index contributed by atoms with van der Waals surface area (Å²) in [5.74, 6) is 6.71. The van der Waals surface area contributed by atoms with E-state index < -0.39 is 12.7 Å². The molecular weight excluding hydrogens is 434 g/mol. The number of pyridine rings is 1. The number of benzene rings is 1. The van der Waals surface area contributed by atoms with Gasteiger partial charge >= 0.3 is 0 Å². The highest BCUT2D eigenvalue weighted by atomic mass is 35.5. The van der Waals surface area contributed by atoms with Crippen LogP contribution >= 0.6 is 11.6 Å². The van der Waals surface area contributed by atoms with E-state index >= 15 is 0 Å². The fraction of sp³-hybridized carbons (Fsp3) is 0.391. The first kappa shape index (κ1) is 25.6. The van der Waals surface area contributed by atoms with Gasteiger partial charge in [0.05, 0.1) is 24.4 Å². The van der Waals surface area contributed by atoms with E-state index in [1.165, 1.54) is 7.11 Å². The summed E-state index contributed by atoms with van der Waals surface area (Å²) in [6.45, 7) is 9.56. The lowest BCUT2D eigenvalue weighted by atomic mass is 10.1. The molecule has 1 heterocycles. The van der Waals surface area contributed by atoms with Crippen LogP contribution in [0.2, 0.25) is 5.02 Å². The fourth-order valence-corrected chi connectivity index (χ4v) is 3.25. The lowest BCUT2D eigenvalue weighted by Gasteiger charge is -2.16. The number of aryl methyl sites for hydroxylation is 1. The van der Waals surface area contributed by atoms with Crippen LogP contribution in [0, 0.1) is 12.8 Å². The van der Waals surface area contributed by atoms with E-state index in [2.05, 4.69) is 30.4 Å². The maximum absolute atomic E-state index is 9.52. The molecule has 0 fully saturated rings. The molecule has 0 bridgehead atoms. The molecule has 0 aliphatic carbocycles. The number of aliphatic hydroxyl groups excluding tert-OH is 2. The second-order valence-corrected chi connectivity index (χ2v) is 8.11. The highest BCUT2D eigenvalue weighted by Crippen LogP contribution is 2.38. The zero-order valence-corrected chi connectivity index (χ0v) is 19.5. The van der Waals surface area contributed by atoms with Crippen molar-refractivity contribution in [3.05, 3.63) is 58.4 Å². The summed E-state index contributed by atoms with van der Waals surface area (Å²) in [5.41, 5.74) is 3.33. The minimum Gasteiger partial charge on any atom is -0.493 e. The number of aromatic nitrogens is 1. The van der Waals surface area contributed by atoms with Gasteiger partial charge in [-0.15, -0.1) is 0 Å². The predicted octanol–water partition coefficient (Wildman–Crippen LogP) is 3.29. The number of ether oxygens (including phenoxy) is 2. The molecule has 0 aliphatic heterocycles. The lowest BCUT2D eigenvalue weighted by Crippen LogP contribution is -2.21. The van der Waals surface area contributed by atoms with E-state index in [0.717, 1.165) is 17.8 Å². The minimum atomic E-state index is -1.04. The number of nitrogens with two attached hydrogens (primary N) is 1. The Morgan fingerprint density at radius 2 is 1.97 bits per heavy atom. The molecule has 8 nitrogen and oxygen atoms in total. The normalized spacial score (nSPS) is 12.6. The summed E-state index contributed by atoms with van der Waals surface area (Å²) in [6.07, 6.45) is -0.226. The Balaban J connectivity index is 2.37. The van der Waals surface area contributed by atoms with Crippen molar-refractivity contribution in [1.29, 1.82) is 0 Å². The van der Waals surface area contributed by atoms with Crippen molar-refractivity contribution in [3.63, 3.8) is 0 Å². The van der Waals surface area contributed by atoms with Crippen LogP contribution in [0.1, 0.15) is 36.4 Å². The predicted molar refractivity (Wildman–Crippen MR) is 125 cm³/mol. The number of aliphatic imine (C=N–C) groups is 1. The van der Waals surface area contributed by atoms with Gasteiger partial charge in [-0.25, -0.2) is 4.99 Å². The smallest absolute Gasteiger partial charge is 0.245 e. The second-order valence-electron chi connectivity index (χ2n) is 7.70. The number of aliphatic hydroxyl groups is 2. The number of hydrogen-bond acceptors (Lipinski definition) is 8. The summed E-state index contributed by atoms with van der Waals surface area (Å²) >= 11 is 6.36. The van der Waals surface area contributed by atoms with Gasteiger partial charge in [0.1, 0.15) is 12.7 Å². The monoisotopic (exact) mass is 463 g/mol. The van der Waals surface area contributed by atoms with Crippen molar-refractivity contribution in [2.75, 3.05) is 20.3 Å². The van der Waals surface area contributed by atoms with Gasteiger partial charge in [-0.05, 0) is 43.5 Å². The number of hydrogen-bond donors (Lipinski definition) is 3. The molecule has 2 rings (SSSR count). The van der Waals surface area contributed by atoms with Crippen LogP contribution in [-0.4, -0.2) is 47.5 Å². The molecule has 0 amide bonds. The summed E-state index contributed by atoms with van der Waals surface area (Å²) < 4.78 is 10.9. The first-order valence-electron chi connectivity index (χ1n) is 10.1. The number of rotatable bonds is 10. The number of nitrogens with zero attached hydrogens (tertiary/aromatic N) is 2. The third-order valence-electron chi connectivity index (χ3n) is 4.41. The van der Waals surface area contributed by atoms with Crippen molar-refractivity contribution in [2.45, 2.75) is 33.3 Å². The SMILES string of the molecule is C=C(/N=C(\ON)c1cc(C)nc(CC(C)C)c1)c1cc(Cl)c(OC[C@@H](O)CO)c(OC)c1. The first-order valence-corrected chi connectivity index (χ1v) is 10.5. The standard InChI is InChI=1S/C23H30ClN3O5/c1-13(2)6-18-8-17(7-14(3)26-18)23(32-25)27-15(4)16-9-20(24)22(21(10-16)30-5)31-12-19(29)11-28/h7-10,13,19,28-29H,4,6,11-12,25H2,1-3,5H3/b27-23-/t19-/m0/s1. The first-order chi connectivity index (χ1) is 15.2. The molecule has 174 valence electrons. The molecule has 32 heavy (non-hydrogen) atoms. The van der Waals surface area contributed by atoms with Crippen molar-refractivity contribution in [3.8, 4) is 11.5 Å². The van der Waals surface area contributed by atoms with Crippen LogP contribution in [0.3, 0.4) is 0 Å². The Hall–Kier alpha value is -2.65. The van der Waals surface area contributed by atoms with Crippen LogP contribution in [0.15, 0.2) is 35.8 Å². The van der Waals surface area contributed by atoms with Gasteiger partial charge in [0.25, 0.3) is 0 Å². The molecule has 1 atom stereocenters. The van der Waals surface area contributed by atoms with Gasteiger partial charge in [-0.3, -0.25) is 4.98 Å². The van der Waals surface area contributed by atoms with E-state index in [9.17, 15) is 5.11 Å². The summed E-state index contributed by atoms with van der Waals surface area (Å²) in [5, 5.41) is 18.7. The highest BCUT2D eigenvalue weighted by Gasteiger charge is 2.16. The summed E-state index contributed by atoms with van der Waals surface area (Å²) in [4.78, 5) is 14.1. The summed E-state index contributed by atoms with van der Waals surface area (Å²) in [6, 6.07) is 6.98. The molecule has 0 unspecified atom stereocenters. The van der Waals surface area contributed by atoms with Crippen LogP contribution in [0.25, 0.3) is 5.70 Å². The van der Waals surface area contributed by atoms with Gasteiger partial charge in [0.2, 0.25) is 5.90 Å². The van der Waals surface area contributed by atoms with E-state index in [-0.39, 0.29) is 23.3 Å². The third-order valence-corrected chi connectivity index (χ3v) is 4.69. The Bertz CT molecular complexity index is 978. The van der Waals surface area contributed by atoms with Gasteiger partial charge in [-0.1, -0.05) is 32.0 Å². The summed E-state index contributed by atoms with van der Waals surface area (Å²) in [7, 11) is 1.46. The molecular formula is C23H30ClN3O5. The Labute approximate surface area is 193 Å². The molecule has 4 N–H and O–H groups in total. The number of halogens is 1. The Kier molecular flexibility index (Phi) is 9.46. The fourth-order valence-electron chi connectivity index (χ4n) is 2.99. The molecule has 2 aromatic rings. The second kappa shape index (κ2) is 11.8. The van der Waals surface area contributed by atoms with Crippen molar-refractivity contribution >= 4 is 23.2 Å². The van der Waals surface area contributed by atoms with Crippen molar-refractivity contribution < 1.29 is 24.5 Å². The van der Waals surface area contributed by atoms with Gasteiger partial charge in [-0.2, -0.15) is 5.90 Å². The maximum atomic E-state index is 9.52. The molecule has 1 aromatic heterocycles. The molecule has 0 aliphatic rings. The van der Waals surface area contributed by atoms with E-state index in [1.807, 2.05) is 19.1 Å². The minimum absolute atomic E-state index is 0.143. The average Bonchev–Trinajstić information content (AvgIpc) is 2.74. The van der Waals surface area contributed by atoms with Crippen LogP contribution < -0.4 is 15.4 Å². The van der Waals surface area contributed by atoms with Gasteiger partial charge in [0, 0.05) is 22.5 Å². The van der Waals surface area contributed by atoms with E-state index in [4.69, 9.17) is 36.9 Å². The zero-order valence-electron chi connectivity index (χ0n) is 18.8. The van der Waals surface area contributed by atoms with Gasteiger partial charge < -0.3 is 24.5 Å². The average molecular weight is 464 g/mol. The molecule has 1 aromatic carbocycles. The topological polar surface area (TPSA) is 119 Å². The quantitative estimate of drug-likeness (QED) is 0.281. The van der Waals surface area contributed by atoms with Crippen molar-refractivity contribution in [1.82, 2.24) is 4.98 Å². The molecule has 9 heteroatoms. The molecule has 0 spiro atoms. The maximum Gasteiger partial charge on any atom is 0.245 e. The van der Waals surface area contributed by atoms with Crippen LogP contribution in [-0.2, 0) is 11.3 Å². The van der Waals surface area contributed by atoms with Gasteiger partial charge in [0.15, 0.2) is 11.5 Å². The Morgan fingerprint density at radius 3 is 2.56 bits per heavy atom. The Morgan fingerprint density at radius 1 is 1.25 bits per heavy atom. The lowest BCUT2D eigenvalue weighted by molar-refractivity contribution is 0.0527. The third kappa shape index (κ3) is 6.93. The molecule has 0 radical (unpaired) electrons. The molecule has 0 saturated carbocycles. The van der Waals surface area contributed by atoms with Crippen LogP contribution in [0.4, 0.5) is 0 Å². The molecule has 0 saturated heterocycles. The van der Waals surface area contributed by atoms with E-state index in [1.54, 1.807) is 12.1 Å². The largest absolute Gasteiger partial charge is 0.493 e. The highest BCUT2D eigenvalue weighted by molar-refractivity contribution is 6.32. The number of methoxy groups -OCH3 is 1.